The molecule has 0 aliphatic carbocycles. The SMILES string of the molecule is Cn1c(-c2ccccc2)nc2cc(-c3ccc(-c4ccc5oc6c(ccc7c8ccccc8oc76)c5c4)c4ccccc34)ccc21. The molecule has 46 heavy (non-hydrogen) atoms. The molecule has 0 aliphatic heterocycles. The highest BCUT2D eigenvalue weighted by atomic mass is 16.4. The van der Waals surface area contributed by atoms with E-state index in [-0.39, 0.29) is 0 Å². The lowest BCUT2D eigenvalue weighted by Gasteiger charge is -2.12. The Morgan fingerprint density at radius 2 is 1.04 bits per heavy atom. The van der Waals surface area contributed by atoms with Crippen molar-refractivity contribution >= 4 is 65.7 Å². The first-order chi connectivity index (χ1) is 22.7. The number of benzene rings is 7. The van der Waals surface area contributed by atoms with E-state index in [4.69, 9.17) is 13.8 Å². The Balaban J connectivity index is 1.12. The minimum absolute atomic E-state index is 0.793. The van der Waals surface area contributed by atoms with Crippen molar-refractivity contribution in [2.75, 3.05) is 0 Å². The molecule has 0 amide bonds. The second kappa shape index (κ2) is 9.43. The molecule has 0 saturated carbocycles. The number of fused-ring (bicyclic) bond motifs is 9. The molecule has 0 saturated heterocycles. The van der Waals surface area contributed by atoms with Crippen LogP contribution in [0.15, 0.2) is 148 Å². The summed E-state index contributed by atoms with van der Waals surface area (Å²) in [6.45, 7) is 0. The van der Waals surface area contributed by atoms with Crippen LogP contribution in [0.25, 0.3) is 99.3 Å². The predicted octanol–water partition coefficient (Wildman–Crippen LogP) is 11.5. The Morgan fingerprint density at radius 3 is 1.78 bits per heavy atom. The van der Waals surface area contributed by atoms with E-state index in [2.05, 4.69) is 127 Å². The van der Waals surface area contributed by atoms with Crippen molar-refractivity contribution in [2.45, 2.75) is 0 Å². The third-order valence-corrected chi connectivity index (χ3v) is 9.44. The lowest BCUT2D eigenvalue weighted by atomic mass is 9.91. The zero-order valence-corrected chi connectivity index (χ0v) is 25.0. The van der Waals surface area contributed by atoms with Gasteiger partial charge in [0.2, 0.25) is 0 Å². The molecular formula is C42H26N2O2. The average Bonchev–Trinajstić information content (AvgIpc) is 3.78. The molecule has 0 atom stereocenters. The first-order valence-corrected chi connectivity index (χ1v) is 15.5. The molecule has 7 aromatic carbocycles. The van der Waals surface area contributed by atoms with Gasteiger partial charge in [-0.15, -0.1) is 0 Å². The van der Waals surface area contributed by atoms with Gasteiger partial charge in [0, 0.05) is 34.2 Å². The van der Waals surface area contributed by atoms with Crippen LogP contribution >= 0.6 is 0 Å². The van der Waals surface area contributed by atoms with Crippen molar-refractivity contribution in [3.05, 3.63) is 140 Å². The van der Waals surface area contributed by atoms with E-state index >= 15 is 0 Å². The van der Waals surface area contributed by atoms with Crippen molar-refractivity contribution in [1.29, 1.82) is 0 Å². The summed E-state index contributed by atoms with van der Waals surface area (Å²) >= 11 is 0. The second-order valence-electron chi connectivity index (χ2n) is 12.0. The van der Waals surface area contributed by atoms with Gasteiger partial charge >= 0.3 is 0 Å². The number of para-hydroxylation sites is 1. The van der Waals surface area contributed by atoms with E-state index in [1.807, 2.05) is 24.3 Å². The molecule has 0 spiro atoms. The molecule has 0 fully saturated rings. The Labute approximate surface area is 263 Å². The number of hydrogen-bond donors (Lipinski definition) is 0. The molecule has 0 bridgehead atoms. The van der Waals surface area contributed by atoms with E-state index in [0.717, 1.165) is 77.4 Å². The van der Waals surface area contributed by atoms with Crippen molar-refractivity contribution in [2.24, 2.45) is 7.05 Å². The Morgan fingerprint density at radius 1 is 0.457 bits per heavy atom. The molecule has 10 rings (SSSR count). The summed E-state index contributed by atoms with van der Waals surface area (Å²) < 4.78 is 14.9. The highest BCUT2D eigenvalue weighted by Crippen LogP contribution is 2.42. The van der Waals surface area contributed by atoms with Gasteiger partial charge in [-0.25, -0.2) is 4.98 Å². The fourth-order valence-corrected chi connectivity index (χ4v) is 7.20. The summed E-state index contributed by atoms with van der Waals surface area (Å²) in [5.74, 6) is 0.969. The number of aryl methyl sites for hydroxylation is 1. The molecule has 3 aromatic heterocycles. The molecular weight excluding hydrogens is 564 g/mol. The third kappa shape index (κ3) is 3.58. The number of rotatable bonds is 3. The average molecular weight is 591 g/mol. The van der Waals surface area contributed by atoms with Crippen LogP contribution in [0.4, 0.5) is 0 Å². The van der Waals surface area contributed by atoms with Gasteiger partial charge in [-0.2, -0.15) is 0 Å². The van der Waals surface area contributed by atoms with Crippen LogP contribution in [0.5, 0.6) is 0 Å². The topological polar surface area (TPSA) is 44.1 Å². The second-order valence-corrected chi connectivity index (χ2v) is 12.0. The van der Waals surface area contributed by atoms with Crippen LogP contribution in [-0.2, 0) is 7.05 Å². The van der Waals surface area contributed by atoms with Crippen molar-refractivity contribution in [1.82, 2.24) is 9.55 Å². The minimum atomic E-state index is 0.793. The number of imidazole rings is 1. The largest absolute Gasteiger partial charge is 0.452 e. The molecule has 0 N–H and O–H groups in total. The van der Waals surface area contributed by atoms with E-state index < -0.39 is 0 Å². The van der Waals surface area contributed by atoms with Gasteiger partial charge in [0.1, 0.15) is 17.0 Å². The fourth-order valence-electron chi connectivity index (χ4n) is 7.20. The lowest BCUT2D eigenvalue weighted by Crippen LogP contribution is -1.91. The summed E-state index contributed by atoms with van der Waals surface area (Å²) in [6.07, 6.45) is 0. The molecule has 10 aromatic rings. The monoisotopic (exact) mass is 590 g/mol. The van der Waals surface area contributed by atoms with Gasteiger partial charge in [0.15, 0.2) is 11.2 Å². The number of nitrogens with zero attached hydrogens (tertiary/aromatic N) is 2. The van der Waals surface area contributed by atoms with Crippen molar-refractivity contribution in [3.8, 4) is 33.6 Å². The van der Waals surface area contributed by atoms with Crippen molar-refractivity contribution < 1.29 is 8.83 Å². The maximum absolute atomic E-state index is 6.42. The van der Waals surface area contributed by atoms with Crippen LogP contribution in [0.1, 0.15) is 0 Å². The smallest absolute Gasteiger partial charge is 0.178 e. The van der Waals surface area contributed by atoms with Gasteiger partial charge in [0.25, 0.3) is 0 Å². The molecule has 0 unspecified atom stereocenters. The van der Waals surface area contributed by atoms with Gasteiger partial charge in [-0.1, -0.05) is 97.1 Å². The number of furan rings is 2. The highest BCUT2D eigenvalue weighted by Gasteiger charge is 2.18. The Bertz CT molecular complexity index is 2820. The van der Waals surface area contributed by atoms with Crippen molar-refractivity contribution in [3.63, 3.8) is 0 Å². The quantitative estimate of drug-likeness (QED) is 0.206. The molecule has 4 nitrogen and oxygen atoms in total. The third-order valence-electron chi connectivity index (χ3n) is 9.44. The van der Waals surface area contributed by atoms with Crippen LogP contribution < -0.4 is 0 Å². The molecule has 0 aliphatic rings. The van der Waals surface area contributed by atoms with Crippen LogP contribution in [0, 0.1) is 0 Å². The van der Waals surface area contributed by atoms with E-state index in [1.54, 1.807) is 0 Å². The fraction of sp³-hybridized carbons (Fsp3) is 0.0238. The zero-order chi connectivity index (χ0) is 30.4. The van der Waals surface area contributed by atoms with Gasteiger partial charge in [-0.05, 0) is 75.5 Å². The van der Waals surface area contributed by atoms with Gasteiger partial charge < -0.3 is 13.4 Å². The molecule has 216 valence electrons. The van der Waals surface area contributed by atoms with E-state index in [1.165, 1.54) is 21.9 Å². The molecule has 0 radical (unpaired) electrons. The summed E-state index contributed by atoms with van der Waals surface area (Å²) in [5.41, 5.74) is 11.2. The van der Waals surface area contributed by atoms with Gasteiger partial charge in [0.05, 0.1) is 11.0 Å². The summed E-state index contributed by atoms with van der Waals surface area (Å²) in [5, 5.41) is 6.73. The molecule has 3 heterocycles. The Kier molecular flexibility index (Phi) is 5.17. The standard InChI is InChI=1S/C42H26N2O2/c1-44-37-21-15-27(24-36(37)43-42(44)25-9-3-2-4-10-25)29-18-17-28(30-11-5-6-12-31(29)30)26-16-22-39-35(23-26)34-20-19-33-32-13-7-8-14-38(32)45-40(33)41(34)46-39/h2-24H,1H3. The number of hydrogen-bond acceptors (Lipinski definition) is 3. The first kappa shape index (κ1) is 25.2. The normalized spacial score (nSPS) is 12.0. The van der Waals surface area contributed by atoms with Crippen LogP contribution in [0.3, 0.4) is 0 Å². The van der Waals surface area contributed by atoms with E-state index in [0.29, 0.717) is 0 Å². The predicted molar refractivity (Wildman–Crippen MR) is 189 cm³/mol. The zero-order valence-electron chi connectivity index (χ0n) is 25.0. The first-order valence-electron chi connectivity index (χ1n) is 15.5. The summed E-state index contributed by atoms with van der Waals surface area (Å²) in [4.78, 5) is 5.04. The minimum Gasteiger partial charge on any atom is -0.452 e. The number of aromatic nitrogens is 2. The summed E-state index contributed by atoms with van der Waals surface area (Å²) in [7, 11) is 2.08. The van der Waals surface area contributed by atoms with Gasteiger partial charge in [-0.3, -0.25) is 0 Å². The maximum atomic E-state index is 6.42. The molecule has 4 heteroatoms. The van der Waals surface area contributed by atoms with E-state index in [9.17, 15) is 0 Å². The maximum Gasteiger partial charge on any atom is 0.178 e. The van der Waals surface area contributed by atoms with Crippen LogP contribution in [0.2, 0.25) is 0 Å². The summed E-state index contributed by atoms with van der Waals surface area (Å²) in [6, 6.07) is 49.1. The lowest BCUT2D eigenvalue weighted by molar-refractivity contribution is 0.633. The highest BCUT2D eigenvalue weighted by molar-refractivity contribution is 6.19. The Hall–Kier alpha value is -6.13. The van der Waals surface area contributed by atoms with Crippen LogP contribution in [-0.4, -0.2) is 9.55 Å².